The third-order valence-corrected chi connectivity index (χ3v) is 3.64. The zero-order valence-corrected chi connectivity index (χ0v) is 12.0. The molecule has 0 radical (unpaired) electrons. The van der Waals surface area contributed by atoms with Gasteiger partial charge in [-0.1, -0.05) is 37.3 Å². The average molecular weight is 279 g/mol. The van der Waals surface area contributed by atoms with E-state index in [-0.39, 0.29) is 5.82 Å². The van der Waals surface area contributed by atoms with Crippen LogP contribution in [0.15, 0.2) is 24.3 Å². The molecule has 3 nitrogen and oxygen atoms in total. The van der Waals surface area contributed by atoms with Gasteiger partial charge in [0.2, 0.25) is 0 Å². The van der Waals surface area contributed by atoms with Crippen molar-refractivity contribution in [2.24, 2.45) is 5.92 Å². The molecule has 102 valence electrons. The zero-order valence-electron chi connectivity index (χ0n) is 11.2. The van der Waals surface area contributed by atoms with Crippen LogP contribution in [0.1, 0.15) is 18.9 Å². The summed E-state index contributed by atoms with van der Waals surface area (Å²) in [5.74, 6) is 0.408. The Morgan fingerprint density at radius 1 is 1.32 bits per heavy atom. The molecule has 2 rings (SSSR count). The van der Waals surface area contributed by atoms with Gasteiger partial charge < -0.3 is 5.32 Å². The van der Waals surface area contributed by atoms with Crippen LogP contribution in [-0.4, -0.2) is 23.3 Å². The van der Waals surface area contributed by atoms with E-state index in [1.807, 2.05) is 6.07 Å². The molecule has 1 aromatic heterocycles. The summed E-state index contributed by atoms with van der Waals surface area (Å²) in [5, 5.41) is 13.4. The molecule has 0 aliphatic carbocycles. The van der Waals surface area contributed by atoms with Gasteiger partial charge in [0.25, 0.3) is 0 Å². The number of rotatable bonds is 6. The number of nitrogens with zero attached hydrogens (tertiary/aromatic N) is 2. The molecule has 0 aliphatic heterocycles. The Labute approximate surface area is 116 Å². The van der Waals surface area contributed by atoms with Gasteiger partial charge in [0.05, 0.1) is 0 Å². The summed E-state index contributed by atoms with van der Waals surface area (Å²) in [6.45, 7) is 6.27. The van der Waals surface area contributed by atoms with Gasteiger partial charge in [-0.25, -0.2) is 4.39 Å². The number of aromatic nitrogens is 2. The fourth-order valence-corrected chi connectivity index (χ4v) is 2.51. The molecule has 2 aromatic rings. The summed E-state index contributed by atoms with van der Waals surface area (Å²) in [7, 11) is 0. The van der Waals surface area contributed by atoms with E-state index in [0.717, 1.165) is 35.1 Å². The molecule has 0 saturated heterocycles. The van der Waals surface area contributed by atoms with Gasteiger partial charge in [-0.15, -0.1) is 10.2 Å². The largest absolute Gasteiger partial charge is 0.316 e. The van der Waals surface area contributed by atoms with E-state index in [1.165, 1.54) is 23.5 Å². The first-order valence-electron chi connectivity index (χ1n) is 6.44. The Morgan fingerprint density at radius 3 is 2.89 bits per heavy atom. The van der Waals surface area contributed by atoms with Gasteiger partial charge in [0, 0.05) is 18.5 Å². The van der Waals surface area contributed by atoms with Gasteiger partial charge in [-0.05, 0) is 24.6 Å². The van der Waals surface area contributed by atoms with E-state index in [4.69, 9.17) is 0 Å². The predicted octanol–water partition coefficient (Wildman–Crippen LogP) is 3.13. The number of benzene rings is 1. The number of hydrogen-bond acceptors (Lipinski definition) is 4. The lowest BCUT2D eigenvalue weighted by Crippen LogP contribution is -2.22. The van der Waals surface area contributed by atoms with Gasteiger partial charge in [-0.2, -0.15) is 0 Å². The first-order chi connectivity index (χ1) is 9.15. The Bertz CT molecular complexity index is 525. The van der Waals surface area contributed by atoms with Crippen LogP contribution in [0.3, 0.4) is 0 Å². The number of halogens is 1. The molecule has 0 aliphatic rings. The lowest BCUT2D eigenvalue weighted by molar-refractivity contribution is 0.553. The highest BCUT2D eigenvalue weighted by Crippen LogP contribution is 2.23. The molecule has 0 saturated carbocycles. The topological polar surface area (TPSA) is 37.8 Å². The Kier molecular flexibility index (Phi) is 4.99. The summed E-state index contributed by atoms with van der Waals surface area (Å²) in [4.78, 5) is 0. The fourth-order valence-electron chi connectivity index (χ4n) is 1.68. The van der Waals surface area contributed by atoms with Crippen molar-refractivity contribution in [2.45, 2.75) is 20.3 Å². The second-order valence-electron chi connectivity index (χ2n) is 4.86. The Balaban J connectivity index is 1.92. The third-order valence-electron chi connectivity index (χ3n) is 2.61. The lowest BCUT2D eigenvalue weighted by atomic mass is 10.2. The molecular formula is C14H18FN3S. The molecule has 19 heavy (non-hydrogen) atoms. The van der Waals surface area contributed by atoms with Crippen LogP contribution in [0.4, 0.5) is 4.39 Å². The normalized spacial score (nSPS) is 11.2. The van der Waals surface area contributed by atoms with Crippen LogP contribution in [0, 0.1) is 11.7 Å². The van der Waals surface area contributed by atoms with E-state index in [2.05, 4.69) is 29.4 Å². The molecule has 1 aromatic carbocycles. The minimum absolute atomic E-state index is 0.243. The van der Waals surface area contributed by atoms with Crippen LogP contribution < -0.4 is 5.32 Å². The Morgan fingerprint density at radius 2 is 2.16 bits per heavy atom. The molecule has 5 heteroatoms. The molecule has 0 atom stereocenters. The highest BCUT2D eigenvalue weighted by molar-refractivity contribution is 7.14. The van der Waals surface area contributed by atoms with E-state index in [9.17, 15) is 4.39 Å². The lowest BCUT2D eigenvalue weighted by Gasteiger charge is -2.05. The van der Waals surface area contributed by atoms with E-state index >= 15 is 0 Å². The van der Waals surface area contributed by atoms with Crippen molar-refractivity contribution in [3.05, 3.63) is 35.1 Å². The molecule has 0 fully saturated rings. The SMILES string of the molecule is CC(C)CNCCc1nnc(-c2cccc(F)c2)s1. The molecule has 0 spiro atoms. The summed E-state index contributed by atoms with van der Waals surface area (Å²) in [5.41, 5.74) is 0.791. The maximum atomic E-state index is 13.1. The van der Waals surface area contributed by atoms with Crippen molar-refractivity contribution in [2.75, 3.05) is 13.1 Å². The van der Waals surface area contributed by atoms with Crippen molar-refractivity contribution in [1.29, 1.82) is 0 Å². The van der Waals surface area contributed by atoms with Crippen molar-refractivity contribution >= 4 is 11.3 Å². The maximum Gasteiger partial charge on any atom is 0.147 e. The van der Waals surface area contributed by atoms with E-state index in [1.54, 1.807) is 6.07 Å². The molecule has 0 unspecified atom stereocenters. The number of hydrogen-bond donors (Lipinski definition) is 1. The zero-order chi connectivity index (χ0) is 13.7. The van der Waals surface area contributed by atoms with E-state index < -0.39 is 0 Å². The highest BCUT2D eigenvalue weighted by atomic mass is 32.1. The molecule has 1 N–H and O–H groups in total. The maximum absolute atomic E-state index is 13.1. The fraction of sp³-hybridized carbons (Fsp3) is 0.429. The van der Waals surface area contributed by atoms with Crippen LogP contribution in [0.5, 0.6) is 0 Å². The predicted molar refractivity (Wildman–Crippen MR) is 76.7 cm³/mol. The molecular weight excluding hydrogens is 261 g/mol. The third kappa shape index (κ3) is 4.36. The minimum atomic E-state index is -0.243. The monoisotopic (exact) mass is 279 g/mol. The quantitative estimate of drug-likeness (QED) is 0.826. The standard InChI is InChI=1S/C14H18FN3S/c1-10(2)9-16-7-6-13-17-18-14(19-13)11-4-3-5-12(15)8-11/h3-5,8,10,16H,6-7,9H2,1-2H3. The minimum Gasteiger partial charge on any atom is -0.316 e. The van der Waals surface area contributed by atoms with Crippen molar-refractivity contribution in [3.8, 4) is 10.6 Å². The second-order valence-corrected chi connectivity index (χ2v) is 5.92. The molecule has 0 amide bonds. The summed E-state index contributed by atoms with van der Waals surface area (Å²) >= 11 is 1.52. The van der Waals surface area contributed by atoms with Crippen LogP contribution >= 0.6 is 11.3 Å². The smallest absolute Gasteiger partial charge is 0.147 e. The van der Waals surface area contributed by atoms with Gasteiger partial charge in [0.1, 0.15) is 15.8 Å². The molecule has 0 bridgehead atoms. The van der Waals surface area contributed by atoms with Crippen molar-refractivity contribution < 1.29 is 4.39 Å². The molecule has 1 heterocycles. The average Bonchev–Trinajstić information content (AvgIpc) is 2.83. The van der Waals surface area contributed by atoms with Crippen LogP contribution in [-0.2, 0) is 6.42 Å². The van der Waals surface area contributed by atoms with Crippen molar-refractivity contribution in [1.82, 2.24) is 15.5 Å². The van der Waals surface area contributed by atoms with Gasteiger partial charge in [0.15, 0.2) is 0 Å². The van der Waals surface area contributed by atoms with Crippen LogP contribution in [0.25, 0.3) is 10.6 Å². The summed E-state index contributed by atoms with van der Waals surface area (Å²) in [6.07, 6.45) is 0.861. The van der Waals surface area contributed by atoms with E-state index in [0.29, 0.717) is 5.92 Å². The first-order valence-corrected chi connectivity index (χ1v) is 7.26. The van der Waals surface area contributed by atoms with Crippen molar-refractivity contribution in [3.63, 3.8) is 0 Å². The second kappa shape index (κ2) is 6.73. The van der Waals surface area contributed by atoms with Gasteiger partial charge >= 0.3 is 0 Å². The highest BCUT2D eigenvalue weighted by Gasteiger charge is 2.07. The first kappa shape index (κ1) is 14.1. The van der Waals surface area contributed by atoms with Gasteiger partial charge in [-0.3, -0.25) is 0 Å². The van der Waals surface area contributed by atoms with Crippen LogP contribution in [0.2, 0.25) is 0 Å². The summed E-state index contributed by atoms with van der Waals surface area (Å²) in [6, 6.07) is 6.46. The Hall–Kier alpha value is -1.33. The summed E-state index contributed by atoms with van der Waals surface area (Å²) < 4.78 is 13.1. The number of nitrogens with one attached hydrogen (secondary N) is 1.